The van der Waals surface area contributed by atoms with Crippen molar-refractivity contribution in [2.75, 3.05) is 37.7 Å². The van der Waals surface area contributed by atoms with Crippen molar-refractivity contribution < 1.29 is 9.53 Å². The zero-order valence-electron chi connectivity index (χ0n) is 17.6. The highest BCUT2D eigenvalue weighted by atomic mass is 16.5. The molecule has 2 heterocycles. The molecule has 0 aliphatic carbocycles. The number of benzene rings is 2. The molecule has 30 heavy (non-hydrogen) atoms. The second kappa shape index (κ2) is 8.65. The molecular weight excluding hydrogens is 380 g/mol. The first-order chi connectivity index (χ1) is 14.6. The van der Waals surface area contributed by atoms with Crippen LogP contribution in [0.1, 0.15) is 13.8 Å². The molecule has 0 atom stereocenters. The van der Waals surface area contributed by atoms with E-state index in [4.69, 9.17) is 4.74 Å². The Kier molecular flexibility index (Phi) is 5.79. The molecule has 158 valence electrons. The smallest absolute Gasteiger partial charge is 0.329 e. The predicted molar refractivity (Wildman–Crippen MR) is 118 cm³/mol. The summed E-state index contributed by atoms with van der Waals surface area (Å²) < 4.78 is 9.06. The highest BCUT2D eigenvalue weighted by molar-refractivity contribution is 5.81. The predicted octanol–water partition coefficient (Wildman–Crippen LogP) is 2.57. The zero-order chi connectivity index (χ0) is 21.1. The molecule has 3 aromatic rings. The van der Waals surface area contributed by atoms with E-state index >= 15 is 0 Å². The van der Waals surface area contributed by atoms with Crippen molar-refractivity contribution in [1.29, 1.82) is 0 Å². The number of rotatable bonds is 6. The molecule has 0 spiro atoms. The molecule has 2 aromatic carbocycles. The normalized spacial score (nSPS) is 14.3. The summed E-state index contributed by atoms with van der Waals surface area (Å²) in [6, 6.07) is 15.7. The van der Waals surface area contributed by atoms with Crippen molar-refractivity contribution in [3.63, 3.8) is 0 Å². The highest BCUT2D eigenvalue weighted by Gasteiger charge is 2.24. The van der Waals surface area contributed by atoms with Crippen molar-refractivity contribution >= 4 is 22.6 Å². The molecule has 0 radical (unpaired) electrons. The van der Waals surface area contributed by atoms with Gasteiger partial charge < -0.3 is 14.5 Å². The Balaban J connectivity index is 1.47. The third-order valence-corrected chi connectivity index (χ3v) is 5.67. The maximum Gasteiger partial charge on any atom is 0.329 e. The number of piperazine rings is 1. The maximum atomic E-state index is 13.0. The fourth-order valence-electron chi connectivity index (χ4n) is 4.16. The Morgan fingerprint density at radius 3 is 2.20 bits per heavy atom. The first kappa shape index (κ1) is 20.1. The lowest BCUT2D eigenvalue weighted by Crippen LogP contribution is -2.50. The molecule has 7 heteroatoms. The minimum Gasteiger partial charge on any atom is -0.492 e. The number of aromatic nitrogens is 2. The summed E-state index contributed by atoms with van der Waals surface area (Å²) in [5, 5.41) is 0. The molecule has 1 saturated heterocycles. The lowest BCUT2D eigenvalue weighted by molar-refractivity contribution is -0.132. The molecule has 0 saturated carbocycles. The van der Waals surface area contributed by atoms with Crippen LogP contribution in [0.3, 0.4) is 0 Å². The van der Waals surface area contributed by atoms with E-state index in [1.54, 1.807) is 9.13 Å². The van der Waals surface area contributed by atoms with Crippen molar-refractivity contribution in [1.82, 2.24) is 14.0 Å². The maximum absolute atomic E-state index is 13.0. The Bertz CT molecular complexity index is 1090. The number of imidazole rings is 1. The van der Waals surface area contributed by atoms with Gasteiger partial charge >= 0.3 is 5.69 Å². The molecule has 1 fully saturated rings. The highest BCUT2D eigenvalue weighted by Crippen LogP contribution is 2.28. The second-order valence-electron chi connectivity index (χ2n) is 7.37. The standard InChI is InChI=1S/C23H28N4O3/c1-3-26-18-9-5-6-10-19(18)27(23(26)29)17-22(28)25-15-13-24(14-16-25)20-11-7-8-12-21(20)30-4-2/h5-12H,3-4,13-17H2,1-2H3. The van der Waals surface area contributed by atoms with Gasteiger partial charge in [0.25, 0.3) is 0 Å². The minimum atomic E-state index is -0.128. The van der Waals surface area contributed by atoms with Gasteiger partial charge in [-0.1, -0.05) is 24.3 Å². The van der Waals surface area contributed by atoms with Gasteiger partial charge in [0.15, 0.2) is 0 Å². The van der Waals surface area contributed by atoms with E-state index in [2.05, 4.69) is 11.0 Å². The number of hydrogen-bond donors (Lipinski definition) is 0. The van der Waals surface area contributed by atoms with Gasteiger partial charge in [0.1, 0.15) is 12.3 Å². The van der Waals surface area contributed by atoms with Gasteiger partial charge in [-0.15, -0.1) is 0 Å². The van der Waals surface area contributed by atoms with Crippen LogP contribution in [0.15, 0.2) is 53.3 Å². The number of hydrogen-bond acceptors (Lipinski definition) is 4. The van der Waals surface area contributed by atoms with Crippen LogP contribution >= 0.6 is 0 Å². The van der Waals surface area contributed by atoms with Gasteiger partial charge in [0.2, 0.25) is 5.91 Å². The molecule has 0 bridgehead atoms. The molecule has 1 amide bonds. The number of carbonyl (C=O) groups excluding carboxylic acids is 1. The second-order valence-corrected chi connectivity index (χ2v) is 7.37. The van der Waals surface area contributed by atoms with Crippen LogP contribution in [-0.2, 0) is 17.9 Å². The van der Waals surface area contributed by atoms with E-state index in [0.717, 1.165) is 35.6 Å². The molecular formula is C23H28N4O3. The number of carbonyl (C=O) groups is 1. The molecule has 0 unspecified atom stereocenters. The number of anilines is 1. The van der Waals surface area contributed by atoms with Crippen LogP contribution < -0.4 is 15.3 Å². The van der Waals surface area contributed by atoms with Crippen molar-refractivity contribution in [3.8, 4) is 5.75 Å². The summed E-state index contributed by atoms with van der Waals surface area (Å²) in [4.78, 5) is 29.9. The number of nitrogens with zero attached hydrogens (tertiary/aromatic N) is 4. The van der Waals surface area contributed by atoms with Crippen LogP contribution in [0, 0.1) is 0 Å². The zero-order valence-corrected chi connectivity index (χ0v) is 17.6. The summed E-state index contributed by atoms with van der Waals surface area (Å²) in [5.74, 6) is 0.854. The minimum absolute atomic E-state index is 0.0196. The van der Waals surface area contributed by atoms with Crippen LogP contribution in [0.2, 0.25) is 0 Å². The van der Waals surface area contributed by atoms with E-state index in [0.29, 0.717) is 26.2 Å². The van der Waals surface area contributed by atoms with Gasteiger partial charge in [-0.05, 0) is 38.1 Å². The van der Waals surface area contributed by atoms with Crippen LogP contribution in [0.5, 0.6) is 5.75 Å². The Labute approximate surface area is 176 Å². The molecule has 1 aliphatic rings. The monoisotopic (exact) mass is 408 g/mol. The van der Waals surface area contributed by atoms with Gasteiger partial charge in [0.05, 0.1) is 23.3 Å². The molecule has 7 nitrogen and oxygen atoms in total. The lowest BCUT2D eigenvalue weighted by atomic mass is 10.2. The number of ether oxygens (including phenoxy) is 1. The SMILES string of the molecule is CCOc1ccccc1N1CCN(C(=O)Cn2c(=O)n(CC)c3ccccc32)CC1. The summed E-state index contributed by atoms with van der Waals surface area (Å²) >= 11 is 0. The Morgan fingerprint density at radius 2 is 1.53 bits per heavy atom. The summed E-state index contributed by atoms with van der Waals surface area (Å²) in [5.41, 5.74) is 2.61. The number of aryl methyl sites for hydroxylation is 1. The van der Waals surface area contributed by atoms with Gasteiger partial charge in [-0.3, -0.25) is 13.9 Å². The van der Waals surface area contributed by atoms with Gasteiger partial charge in [0, 0.05) is 32.7 Å². The van der Waals surface area contributed by atoms with Crippen molar-refractivity contribution in [2.45, 2.75) is 26.9 Å². The topological polar surface area (TPSA) is 59.7 Å². The fraction of sp³-hybridized carbons (Fsp3) is 0.391. The fourth-order valence-corrected chi connectivity index (χ4v) is 4.16. The lowest BCUT2D eigenvalue weighted by Gasteiger charge is -2.36. The van der Waals surface area contributed by atoms with Crippen LogP contribution in [-0.4, -0.2) is 52.7 Å². The molecule has 4 rings (SSSR count). The van der Waals surface area contributed by atoms with Crippen LogP contribution in [0.4, 0.5) is 5.69 Å². The van der Waals surface area contributed by atoms with Gasteiger partial charge in [-0.2, -0.15) is 0 Å². The average Bonchev–Trinajstić information content (AvgIpc) is 3.05. The number of para-hydroxylation sites is 4. The van der Waals surface area contributed by atoms with Crippen molar-refractivity contribution in [3.05, 3.63) is 59.0 Å². The number of amides is 1. The quantitative estimate of drug-likeness (QED) is 0.629. The van der Waals surface area contributed by atoms with Gasteiger partial charge in [-0.25, -0.2) is 4.79 Å². The first-order valence-corrected chi connectivity index (χ1v) is 10.6. The molecule has 1 aliphatic heterocycles. The summed E-state index contributed by atoms with van der Waals surface area (Å²) in [6.07, 6.45) is 0. The van der Waals surface area contributed by atoms with E-state index in [9.17, 15) is 9.59 Å². The Morgan fingerprint density at radius 1 is 0.900 bits per heavy atom. The Hall–Kier alpha value is -3.22. The third-order valence-electron chi connectivity index (χ3n) is 5.67. The average molecular weight is 409 g/mol. The number of fused-ring (bicyclic) bond motifs is 1. The third kappa shape index (κ3) is 3.67. The summed E-state index contributed by atoms with van der Waals surface area (Å²) in [6.45, 7) is 7.92. The van der Waals surface area contributed by atoms with E-state index in [1.165, 1.54) is 0 Å². The van der Waals surface area contributed by atoms with Crippen LogP contribution in [0.25, 0.3) is 11.0 Å². The van der Waals surface area contributed by atoms with E-state index in [-0.39, 0.29) is 18.1 Å². The largest absolute Gasteiger partial charge is 0.492 e. The summed E-state index contributed by atoms with van der Waals surface area (Å²) in [7, 11) is 0. The molecule has 1 aromatic heterocycles. The van der Waals surface area contributed by atoms with Crippen molar-refractivity contribution in [2.24, 2.45) is 0 Å². The first-order valence-electron chi connectivity index (χ1n) is 10.6. The van der Waals surface area contributed by atoms with E-state index < -0.39 is 0 Å². The molecule has 0 N–H and O–H groups in total. The van der Waals surface area contributed by atoms with E-state index in [1.807, 2.05) is 61.2 Å².